The Kier molecular flexibility index (Phi) is 4.20. The summed E-state index contributed by atoms with van der Waals surface area (Å²) >= 11 is 0. The summed E-state index contributed by atoms with van der Waals surface area (Å²) in [6.45, 7) is 6.83. The van der Waals surface area contributed by atoms with Gasteiger partial charge in [0.25, 0.3) is 0 Å². The van der Waals surface area contributed by atoms with Crippen LogP contribution in [0, 0.1) is 17.8 Å². The number of hydrogen-bond donors (Lipinski definition) is 2. The Bertz CT molecular complexity index is 141. The number of nitrogens with two attached hydrogens (primary N) is 1. The third kappa shape index (κ3) is 3.65. The maximum Gasteiger partial charge on any atom is 0.0238 e. The third-order valence-corrected chi connectivity index (χ3v) is 3.48. The van der Waals surface area contributed by atoms with Crippen LogP contribution in [-0.2, 0) is 0 Å². The lowest BCUT2D eigenvalue weighted by molar-refractivity contribution is 0.280. The van der Waals surface area contributed by atoms with E-state index < -0.39 is 0 Å². The Balaban J connectivity index is 2.22. The summed E-state index contributed by atoms with van der Waals surface area (Å²) in [7, 11) is 0. The number of rotatable bonds is 6. The smallest absolute Gasteiger partial charge is 0.0238 e. The quantitative estimate of drug-likeness (QED) is 0.491. The standard InChI is InChI=1S/C11H24N2/c1-8(2)9(3)11(13-12)7-6-10-4-5-10/h8-11,13H,4-7,12H2,1-3H3. The minimum atomic E-state index is 0.514. The first kappa shape index (κ1) is 11.0. The molecular weight excluding hydrogens is 160 g/mol. The van der Waals surface area contributed by atoms with Crippen molar-refractivity contribution >= 4 is 0 Å². The average molecular weight is 184 g/mol. The number of hydrazine groups is 1. The van der Waals surface area contributed by atoms with E-state index in [1.165, 1.54) is 25.7 Å². The molecule has 2 heteroatoms. The summed E-state index contributed by atoms with van der Waals surface area (Å²) < 4.78 is 0. The Morgan fingerprint density at radius 2 is 1.92 bits per heavy atom. The Morgan fingerprint density at radius 3 is 2.31 bits per heavy atom. The first-order chi connectivity index (χ1) is 6.15. The van der Waals surface area contributed by atoms with Gasteiger partial charge in [0, 0.05) is 6.04 Å². The predicted molar refractivity (Wildman–Crippen MR) is 57.1 cm³/mol. The lowest BCUT2D eigenvalue weighted by Gasteiger charge is -2.26. The van der Waals surface area contributed by atoms with Crippen molar-refractivity contribution < 1.29 is 0 Å². The highest BCUT2D eigenvalue weighted by molar-refractivity contribution is 4.79. The molecule has 0 aromatic rings. The van der Waals surface area contributed by atoms with E-state index in [2.05, 4.69) is 26.2 Å². The van der Waals surface area contributed by atoms with E-state index in [1.807, 2.05) is 0 Å². The molecule has 3 N–H and O–H groups in total. The fraction of sp³-hybridized carbons (Fsp3) is 1.00. The van der Waals surface area contributed by atoms with Gasteiger partial charge in [0.1, 0.15) is 0 Å². The second-order valence-corrected chi connectivity index (χ2v) is 4.90. The van der Waals surface area contributed by atoms with E-state index in [-0.39, 0.29) is 0 Å². The van der Waals surface area contributed by atoms with Gasteiger partial charge in [0.05, 0.1) is 0 Å². The molecule has 2 unspecified atom stereocenters. The molecule has 1 aliphatic rings. The van der Waals surface area contributed by atoms with E-state index in [0.29, 0.717) is 12.0 Å². The topological polar surface area (TPSA) is 38.0 Å². The van der Waals surface area contributed by atoms with Crippen LogP contribution in [-0.4, -0.2) is 6.04 Å². The molecule has 1 saturated carbocycles. The molecule has 0 spiro atoms. The molecule has 0 radical (unpaired) electrons. The van der Waals surface area contributed by atoms with Gasteiger partial charge in [-0.25, -0.2) is 0 Å². The largest absolute Gasteiger partial charge is 0.271 e. The van der Waals surface area contributed by atoms with Crippen LogP contribution in [0.3, 0.4) is 0 Å². The summed E-state index contributed by atoms with van der Waals surface area (Å²) in [6, 6.07) is 0.514. The van der Waals surface area contributed by atoms with E-state index in [9.17, 15) is 0 Å². The van der Waals surface area contributed by atoms with Crippen molar-refractivity contribution in [3.05, 3.63) is 0 Å². The Morgan fingerprint density at radius 1 is 1.31 bits per heavy atom. The Labute approximate surface area is 82.2 Å². The number of nitrogens with one attached hydrogen (secondary N) is 1. The second-order valence-electron chi connectivity index (χ2n) is 4.90. The van der Waals surface area contributed by atoms with Crippen LogP contribution in [0.2, 0.25) is 0 Å². The molecule has 0 saturated heterocycles. The summed E-state index contributed by atoms with van der Waals surface area (Å²) in [5.41, 5.74) is 2.97. The third-order valence-electron chi connectivity index (χ3n) is 3.48. The van der Waals surface area contributed by atoms with Crippen LogP contribution >= 0.6 is 0 Å². The molecule has 2 nitrogen and oxygen atoms in total. The van der Waals surface area contributed by atoms with Gasteiger partial charge in [-0.1, -0.05) is 33.6 Å². The fourth-order valence-electron chi connectivity index (χ4n) is 1.78. The van der Waals surface area contributed by atoms with Crippen LogP contribution in [0.5, 0.6) is 0 Å². The minimum Gasteiger partial charge on any atom is -0.271 e. The van der Waals surface area contributed by atoms with Gasteiger partial charge in [0.15, 0.2) is 0 Å². The van der Waals surface area contributed by atoms with E-state index >= 15 is 0 Å². The lowest BCUT2D eigenvalue weighted by atomic mass is 9.87. The van der Waals surface area contributed by atoms with Gasteiger partial charge in [0.2, 0.25) is 0 Å². The summed E-state index contributed by atoms with van der Waals surface area (Å²) in [5, 5.41) is 0. The van der Waals surface area contributed by atoms with Crippen molar-refractivity contribution in [1.82, 2.24) is 5.43 Å². The summed E-state index contributed by atoms with van der Waals surface area (Å²) in [6.07, 6.45) is 5.52. The van der Waals surface area contributed by atoms with Crippen molar-refractivity contribution in [2.45, 2.75) is 52.5 Å². The second kappa shape index (κ2) is 4.97. The van der Waals surface area contributed by atoms with Gasteiger partial charge in [-0.2, -0.15) is 0 Å². The summed E-state index contributed by atoms with van der Waals surface area (Å²) in [5.74, 6) is 8.00. The van der Waals surface area contributed by atoms with Gasteiger partial charge >= 0.3 is 0 Å². The van der Waals surface area contributed by atoms with Gasteiger partial charge in [-0.3, -0.25) is 11.3 Å². The molecule has 1 rings (SSSR count). The maximum atomic E-state index is 5.57. The van der Waals surface area contributed by atoms with E-state index in [0.717, 1.165) is 11.8 Å². The molecular formula is C11H24N2. The van der Waals surface area contributed by atoms with Crippen molar-refractivity contribution in [2.24, 2.45) is 23.6 Å². The van der Waals surface area contributed by atoms with Crippen LogP contribution < -0.4 is 11.3 Å². The first-order valence-electron chi connectivity index (χ1n) is 5.61. The van der Waals surface area contributed by atoms with Gasteiger partial charge in [-0.05, 0) is 30.6 Å². The SMILES string of the molecule is CC(C)C(C)C(CCC1CC1)NN. The van der Waals surface area contributed by atoms with Crippen molar-refractivity contribution in [3.63, 3.8) is 0 Å². The lowest BCUT2D eigenvalue weighted by Crippen LogP contribution is -2.41. The van der Waals surface area contributed by atoms with Crippen LogP contribution in [0.15, 0.2) is 0 Å². The van der Waals surface area contributed by atoms with Crippen LogP contribution in [0.25, 0.3) is 0 Å². The van der Waals surface area contributed by atoms with E-state index in [1.54, 1.807) is 0 Å². The first-order valence-corrected chi connectivity index (χ1v) is 5.61. The number of hydrogen-bond acceptors (Lipinski definition) is 2. The van der Waals surface area contributed by atoms with Gasteiger partial charge in [-0.15, -0.1) is 0 Å². The zero-order chi connectivity index (χ0) is 9.84. The highest BCUT2D eigenvalue weighted by Gasteiger charge is 2.25. The molecule has 2 atom stereocenters. The molecule has 0 aromatic carbocycles. The maximum absolute atomic E-state index is 5.57. The van der Waals surface area contributed by atoms with Crippen LogP contribution in [0.4, 0.5) is 0 Å². The molecule has 0 bridgehead atoms. The van der Waals surface area contributed by atoms with Gasteiger partial charge < -0.3 is 0 Å². The van der Waals surface area contributed by atoms with Crippen LogP contribution in [0.1, 0.15) is 46.5 Å². The van der Waals surface area contributed by atoms with E-state index in [4.69, 9.17) is 5.84 Å². The average Bonchev–Trinajstić information content (AvgIpc) is 2.88. The van der Waals surface area contributed by atoms with Crippen molar-refractivity contribution in [3.8, 4) is 0 Å². The molecule has 1 aliphatic carbocycles. The molecule has 0 aromatic heterocycles. The zero-order valence-electron chi connectivity index (χ0n) is 9.22. The van der Waals surface area contributed by atoms with Crippen molar-refractivity contribution in [1.29, 1.82) is 0 Å². The zero-order valence-corrected chi connectivity index (χ0v) is 9.22. The summed E-state index contributed by atoms with van der Waals surface area (Å²) in [4.78, 5) is 0. The molecule has 78 valence electrons. The Hall–Kier alpha value is -0.0800. The highest BCUT2D eigenvalue weighted by Crippen LogP contribution is 2.34. The minimum absolute atomic E-state index is 0.514. The molecule has 0 heterocycles. The highest BCUT2D eigenvalue weighted by atomic mass is 15.2. The molecule has 1 fully saturated rings. The molecule has 0 aliphatic heterocycles. The fourth-order valence-corrected chi connectivity index (χ4v) is 1.78. The molecule has 13 heavy (non-hydrogen) atoms. The predicted octanol–water partition coefficient (Wildman–Crippen LogP) is 2.30. The monoisotopic (exact) mass is 184 g/mol. The molecule has 0 amide bonds. The van der Waals surface area contributed by atoms with Crippen molar-refractivity contribution in [2.75, 3.05) is 0 Å². The normalized spacial score (nSPS) is 21.9.